The van der Waals surface area contributed by atoms with Crippen molar-refractivity contribution in [1.82, 2.24) is 4.98 Å². The Morgan fingerprint density at radius 3 is 1.89 bits per heavy atom. The predicted octanol–water partition coefficient (Wildman–Crippen LogP) is 3.01. The molecular formula is C15H9F2N. The van der Waals surface area contributed by atoms with Gasteiger partial charge in [0.15, 0.2) is 0 Å². The number of rotatable bonds is 0. The molecule has 0 bridgehead atoms. The van der Waals surface area contributed by atoms with Crippen molar-refractivity contribution in [3.63, 3.8) is 0 Å². The molecule has 1 aromatic carbocycles. The largest absolute Gasteiger partial charge is 0.248 e. The molecule has 0 N–H and O–H groups in total. The number of terminal acetylenes is 2. The molecule has 1 nitrogen and oxygen atoms in total. The van der Waals surface area contributed by atoms with Crippen LogP contribution in [0.5, 0.6) is 0 Å². The van der Waals surface area contributed by atoms with Gasteiger partial charge in [-0.1, -0.05) is 24.0 Å². The van der Waals surface area contributed by atoms with E-state index in [1.54, 1.807) is 12.3 Å². The highest BCUT2D eigenvalue weighted by atomic mass is 19.1. The van der Waals surface area contributed by atoms with Crippen LogP contribution in [0.25, 0.3) is 0 Å². The number of pyridine rings is 1. The maximum Gasteiger partial charge on any atom is 0.141 e. The molecule has 88 valence electrons. The van der Waals surface area contributed by atoms with E-state index in [9.17, 15) is 8.78 Å². The molecule has 0 spiro atoms. The summed E-state index contributed by atoms with van der Waals surface area (Å²) in [6.07, 6.45) is 11.5. The van der Waals surface area contributed by atoms with Gasteiger partial charge in [-0.3, -0.25) is 0 Å². The van der Waals surface area contributed by atoms with E-state index in [1.165, 1.54) is 6.07 Å². The van der Waals surface area contributed by atoms with Gasteiger partial charge in [-0.25, -0.2) is 13.8 Å². The maximum atomic E-state index is 12.5. The normalized spacial score (nSPS) is 8.44. The van der Waals surface area contributed by atoms with E-state index in [2.05, 4.69) is 10.9 Å². The van der Waals surface area contributed by atoms with Gasteiger partial charge in [0.2, 0.25) is 0 Å². The van der Waals surface area contributed by atoms with Crippen LogP contribution in [0.4, 0.5) is 8.78 Å². The van der Waals surface area contributed by atoms with Gasteiger partial charge in [-0.15, -0.1) is 12.8 Å². The highest BCUT2D eigenvalue weighted by Gasteiger charge is 2.02. The first-order chi connectivity index (χ1) is 8.69. The minimum Gasteiger partial charge on any atom is -0.248 e. The molecular weight excluding hydrogens is 232 g/mol. The van der Waals surface area contributed by atoms with Crippen LogP contribution in [0.2, 0.25) is 0 Å². The van der Waals surface area contributed by atoms with Crippen molar-refractivity contribution in [2.24, 2.45) is 0 Å². The van der Waals surface area contributed by atoms with Crippen molar-refractivity contribution in [3.8, 4) is 24.7 Å². The summed E-state index contributed by atoms with van der Waals surface area (Å²) in [4.78, 5) is 3.86. The SMILES string of the molecule is C#Cc1c(F)cccc1F.C#Cc1ccccn1. The van der Waals surface area contributed by atoms with E-state index >= 15 is 0 Å². The molecule has 0 fully saturated rings. The van der Waals surface area contributed by atoms with Crippen molar-refractivity contribution in [1.29, 1.82) is 0 Å². The van der Waals surface area contributed by atoms with Crippen molar-refractivity contribution in [2.45, 2.75) is 0 Å². The Hall–Kier alpha value is -2.65. The summed E-state index contributed by atoms with van der Waals surface area (Å²) in [5.74, 6) is 2.95. The molecule has 0 amide bonds. The smallest absolute Gasteiger partial charge is 0.141 e. The summed E-state index contributed by atoms with van der Waals surface area (Å²) < 4.78 is 24.9. The Bertz CT molecular complexity index is 572. The fourth-order valence-corrected chi connectivity index (χ4v) is 1.08. The number of hydrogen-bond acceptors (Lipinski definition) is 1. The molecule has 1 aromatic heterocycles. The molecule has 0 aliphatic carbocycles. The first-order valence-corrected chi connectivity index (χ1v) is 4.97. The molecule has 18 heavy (non-hydrogen) atoms. The zero-order valence-electron chi connectivity index (χ0n) is 9.40. The average molecular weight is 241 g/mol. The summed E-state index contributed by atoms with van der Waals surface area (Å²) in [7, 11) is 0. The predicted molar refractivity (Wildman–Crippen MR) is 66.5 cm³/mol. The number of benzene rings is 1. The minimum absolute atomic E-state index is 0.303. The van der Waals surface area contributed by atoms with Gasteiger partial charge in [0.05, 0.1) is 5.56 Å². The van der Waals surface area contributed by atoms with Gasteiger partial charge < -0.3 is 0 Å². The second kappa shape index (κ2) is 6.83. The third-order valence-corrected chi connectivity index (χ3v) is 1.92. The van der Waals surface area contributed by atoms with Crippen LogP contribution in [0.1, 0.15) is 11.3 Å². The van der Waals surface area contributed by atoms with Gasteiger partial charge in [0.25, 0.3) is 0 Å². The van der Waals surface area contributed by atoms with Gasteiger partial charge >= 0.3 is 0 Å². The lowest BCUT2D eigenvalue weighted by molar-refractivity contribution is 0.577. The van der Waals surface area contributed by atoms with Gasteiger partial charge in [-0.2, -0.15) is 0 Å². The first kappa shape index (κ1) is 13.4. The lowest BCUT2D eigenvalue weighted by atomic mass is 10.2. The molecule has 0 saturated carbocycles. The second-order valence-corrected chi connectivity index (χ2v) is 3.10. The molecule has 0 unspecified atom stereocenters. The summed E-state index contributed by atoms with van der Waals surface area (Å²) in [5, 5.41) is 0. The Morgan fingerprint density at radius 1 is 0.889 bits per heavy atom. The Labute approximate surface area is 105 Å². The summed E-state index contributed by atoms with van der Waals surface area (Å²) in [5.41, 5.74) is 0.384. The van der Waals surface area contributed by atoms with Crippen molar-refractivity contribution in [3.05, 3.63) is 65.5 Å². The fourth-order valence-electron chi connectivity index (χ4n) is 1.08. The van der Waals surface area contributed by atoms with E-state index in [0.717, 1.165) is 12.1 Å². The summed E-state index contributed by atoms with van der Waals surface area (Å²) in [6, 6.07) is 9.01. The fraction of sp³-hybridized carbons (Fsp3) is 0. The monoisotopic (exact) mass is 241 g/mol. The maximum absolute atomic E-state index is 12.5. The Morgan fingerprint density at radius 2 is 1.56 bits per heavy atom. The van der Waals surface area contributed by atoms with E-state index in [-0.39, 0.29) is 5.56 Å². The quantitative estimate of drug-likeness (QED) is 0.646. The third-order valence-electron chi connectivity index (χ3n) is 1.92. The molecule has 0 aliphatic rings. The van der Waals surface area contributed by atoms with Crippen molar-refractivity contribution < 1.29 is 8.78 Å². The van der Waals surface area contributed by atoms with Gasteiger partial charge in [0.1, 0.15) is 17.3 Å². The zero-order valence-corrected chi connectivity index (χ0v) is 9.40. The van der Waals surface area contributed by atoms with Gasteiger partial charge in [-0.05, 0) is 24.3 Å². The van der Waals surface area contributed by atoms with Crippen LogP contribution in [0.15, 0.2) is 42.6 Å². The van der Waals surface area contributed by atoms with E-state index < -0.39 is 11.6 Å². The number of hydrogen-bond donors (Lipinski definition) is 0. The lowest BCUT2D eigenvalue weighted by Crippen LogP contribution is -1.87. The molecule has 0 aliphatic heterocycles. The minimum atomic E-state index is -0.692. The van der Waals surface area contributed by atoms with Crippen LogP contribution in [0, 0.1) is 36.3 Å². The highest BCUT2D eigenvalue weighted by Crippen LogP contribution is 2.09. The van der Waals surface area contributed by atoms with Crippen LogP contribution in [-0.4, -0.2) is 4.98 Å². The topological polar surface area (TPSA) is 12.9 Å². The highest BCUT2D eigenvalue weighted by molar-refractivity contribution is 5.34. The molecule has 0 radical (unpaired) electrons. The zero-order chi connectivity index (χ0) is 13.4. The lowest BCUT2D eigenvalue weighted by Gasteiger charge is -1.93. The Kier molecular flexibility index (Phi) is 5.09. The molecule has 0 saturated heterocycles. The van der Waals surface area contributed by atoms with Crippen LogP contribution >= 0.6 is 0 Å². The molecule has 2 aromatic rings. The second-order valence-electron chi connectivity index (χ2n) is 3.10. The average Bonchev–Trinajstić information content (AvgIpc) is 2.41. The summed E-state index contributed by atoms with van der Waals surface area (Å²) >= 11 is 0. The van der Waals surface area contributed by atoms with Crippen molar-refractivity contribution >= 4 is 0 Å². The number of aromatic nitrogens is 1. The van der Waals surface area contributed by atoms with E-state index in [1.807, 2.05) is 18.1 Å². The molecule has 2 rings (SSSR count). The number of nitrogens with zero attached hydrogens (tertiary/aromatic N) is 1. The van der Waals surface area contributed by atoms with Crippen LogP contribution < -0.4 is 0 Å². The van der Waals surface area contributed by atoms with Crippen molar-refractivity contribution in [2.75, 3.05) is 0 Å². The third kappa shape index (κ3) is 3.73. The molecule has 1 heterocycles. The summed E-state index contributed by atoms with van der Waals surface area (Å²) in [6.45, 7) is 0. The first-order valence-electron chi connectivity index (χ1n) is 4.97. The molecule has 3 heteroatoms. The Balaban J connectivity index is 0.000000184. The van der Waals surface area contributed by atoms with Gasteiger partial charge in [0, 0.05) is 6.20 Å². The van der Waals surface area contributed by atoms with E-state index in [0.29, 0.717) is 5.69 Å². The van der Waals surface area contributed by atoms with E-state index in [4.69, 9.17) is 12.8 Å². The molecule has 0 atom stereocenters. The standard InChI is InChI=1S/C8H4F2.C7H5N/c1-2-6-7(9)4-3-5-8(6)10;1-2-7-5-3-4-6-8-7/h1,3-5H;1,3-6H. The number of halogens is 2. The van der Waals surface area contributed by atoms with Crippen LogP contribution in [-0.2, 0) is 0 Å². The van der Waals surface area contributed by atoms with Crippen LogP contribution in [0.3, 0.4) is 0 Å².